The van der Waals surface area contributed by atoms with E-state index in [9.17, 15) is 9.18 Å². The third-order valence-corrected chi connectivity index (χ3v) is 4.23. The normalized spacial score (nSPS) is 10.8. The number of aromatic nitrogens is 1. The van der Waals surface area contributed by atoms with Gasteiger partial charge in [0.25, 0.3) is 0 Å². The molecule has 0 amide bonds. The maximum Gasteiger partial charge on any atom is 0.338 e. The largest absolute Gasteiger partial charge is 0.465 e. The van der Waals surface area contributed by atoms with Gasteiger partial charge in [-0.25, -0.2) is 14.2 Å². The summed E-state index contributed by atoms with van der Waals surface area (Å²) in [7, 11) is 1.31. The van der Waals surface area contributed by atoms with Gasteiger partial charge in [-0.05, 0) is 42.8 Å². The van der Waals surface area contributed by atoms with Crippen molar-refractivity contribution in [2.45, 2.75) is 6.92 Å². The Morgan fingerprint density at radius 1 is 1.17 bits per heavy atom. The van der Waals surface area contributed by atoms with Crippen LogP contribution in [0.5, 0.6) is 0 Å². The van der Waals surface area contributed by atoms with Crippen LogP contribution >= 0.6 is 15.9 Å². The molecular formula is C18H13BrFNO2. The quantitative estimate of drug-likeness (QED) is 0.599. The number of esters is 1. The average molecular weight is 374 g/mol. The zero-order chi connectivity index (χ0) is 16.6. The second kappa shape index (κ2) is 6.08. The summed E-state index contributed by atoms with van der Waals surface area (Å²) in [6.07, 6.45) is 0. The van der Waals surface area contributed by atoms with Gasteiger partial charge in [0.2, 0.25) is 0 Å². The molecule has 0 N–H and O–H groups in total. The van der Waals surface area contributed by atoms with Gasteiger partial charge in [-0.1, -0.05) is 28.1 Å². The van der Waals surface area contributed by atoms with Crippen molar-refractivity contribution in [3.05, 3.63) is 63.9 Å². The summed E-state index contributed by atoms with van der Waals surface area (Å²) in [6.45, 7) is 1.79. The molecule has 116 valence electrons. The number of carbonyl (C=O) groups is 1. The number of pyridine rings is 1. The molecule has 0 aliphatic heterocycles. The fraction of sp³-hybridized carbons (Fsp3) is 0.111. The Balaban J connectivity index is 2.36. The summed E-state index contributed by atoms with van der Waals surface area (Å²) in [4.78, 5) is 16.8. The highest BCUT2D eigenvalue weighted by Crippen LogP contribution is 2.31. The van der Waals surface area contributed by atoms with Crippen molar-refractivity contribution >= 4 is 32.8 Å². The fourth-order valence-corrected chi connectivity index (χ4v) is 2.85. The Hall–Kier alpha value is -2.27. The van der Waals surface area contributed by atoms with Crippen LogP contribution in [0.3, 0.4) is 0 Å². The fourth-order valence-electron chi connectivity index (χ4n) is 2.58. The zero-order valence-corrected chi connectivity index (χ0v) is 14.1. The molecule has 0 aliphatic carbocycles. The van der Waals surface area contributed by atoms with E-state index < -0.39 is 11.8 Å². The first kappa shape index (κ1) is 15.6. The summed E-state index contributed by atoms with van der Waals surface area (Å²) in [6, 6.07) is 11.8. The molecule has 1 aromatic heterocycles. The molecule has 0 unspecified atom stereocenters. The van der Waals surface area contributed by atoms with E-state index in [1.165, 1.54) is 19.2 Å². The van der Waals surface area contributed by atoms with Crippen LogP contribution in [0.2, 0.25) is 0 Å². The number of nitrogens with zero attached hydrogens (tertiary/aromatic N) is 1. The average Bonchev–Trinajstić information content (AvgIpc) is 2.55. The van der Waals surface area contributed by atoms with E-state index in [-0.39, 0.29) is 0 Å². The molecule has 0 saturated carbocycles. The molecule has 2 aromatic carbocycles. The molecule has 0 saturated heterocycles. The Morgan fingerprint density at radius 2 is 1.87 bits per heavy atom. The minimum atomic E-state index is -0.501. The molecule has 0 radical (unpaired) electrons. The first-order valence-corrected chi connectivity index (χ1v) is 7.74. The second-order valence-electron chi connectivity index (χ2n) is 5.12. The molecule has 23 heavy (non-hydrogen) atoms. The lowest BCUT2D eigenvalue weighted by Crippen LogP contribution is -2.08. The highest BCUT2D eigenvalue weighted by atomic mass is 79.9. The molecular weight excluding hydrogens is 361 g/mol. The van der Waals surface area contributed by atoms with Gasteiger partial charge in [-0.2, -0.15) is 0 Å². The van der Waals surface area contributed by atoms with Crippen molar-refractivity contribution in [3.63, 3.8) is 0 Å². The van der Waals surface area contributed by atoms with E-state index in [0.29, 0.717) is 27.7 Å². The van der Waals surface area contributed by atoms with E-state index in [4.69, 9.17) is 4.74 Å². The molecule has 3 nitrogen and oxygen atoms in total. The second-order valence-corrected chi connectivity index (χ2v) is 6.04. The lowest BCUT2D eigenvalue weighted by Gasteiger charge is -2.13. The first-order chi connectivity index (χ1) is 11.0. The van der Waals surface area contributed by atoms with Gasteiger partial charge < -0.3 is 4.74 Å². The van der Waals surface area contributed by atoms with Crippen LogP contribution in [0.25, 0.3) is 22.2 Å². The molecule has 5 heteroatoms. The summed E-state index contributed by atoms with van der Waals surface area (Å²) in [5.41, 5.74) is 3.11. The number of ether oxygens (including phenoxy) is 1. The van der Waals surface area contributed by atoms with E-state index >= 15 is 0 Å². The van der Waals surface area contributed by atoms with Crippen molar-refractivity contribution in [1.82, 2.24) is 4.98 Å². The zero-order valence-electron chi connectivity index (χ0n) is 12.6. The van der Waals surface area contributed by atoms with Gasteiger partial charge in [-0.3, -0.25) is 0 Å². The lowest BCUT2D eigenvalue weighted by atomic mass is 9.98. The van der Waals surface area contributed by atoms with Crippen LogP contribution in [0.1, 0.15) is 15.9 Å². The van der Waals surface area contributed by atoms with Gasteiger partial charge >= 0.3 is 5.97 Å². The molecule has 0 spiro atoms. The molecule has 1 heterocycles. The number of methoxy groups -OCH3 is 1. The van der Waals surface area contributed by atoms with E-state index in [1.807, 2.05) is 24.3 Å². The number of hydrogen-bond donors (Lipinski definition) is 0. The predicted octanol–water partition coefficient (Wildman–Crippen LogP) is 4.90. The van der Waals surface area contributed by atoms with Crippen molar-refractivity contribution in [2.24, 2.45) is 0 Å². The Morgan fingerprint density at radius 3 is 2.52 bits per heavy atom. The Labute approximate surface area is 141 Å². The number of fused-ring (bicyclic) bond motifs is 1. The standard InChI is InChI=1S/C18H13BrFNO2/c1-10-16(18(22)23-2)14-9-13(20)7-8-15(14)21-17(10)11-3-5-12(19)6-4-11/h3-9H,1-2H3. The van der Waals surface area contributed by atoms with Crippen molar-refractivity contribution in [1.29, 1.82) is 0 Å². The van der Waals surface area contributed by atoms with Crippen LogP contribution in [0.15, 0.2) is 46.9 Å². The number of halogens is 2. The monoisotopic (exact) mass is 373 g/mol. The minimum absolute atomic E-state index is 0.343. The van der Waals surface area contributed by atoms with Crippen LogP contribution < -0.4 is 0 Å². The van der Waals surface area contributed by atoms with Gasteiger partial charge in [0, 0.05) is 15.4 Å². The molecule has 0 fully saturated rings. The number of hydrogen-bond acceptors (Lipinski definition) is 3. The maximum absolute atomic E-state index is 13.6. The van der Waals surface area contributed by atoms with E-state index in [0.717, 1.165) is 10.0 Å². The Bertz CT molecular complexity index is 907. The smallest absolute Gasteiger partial charge is 0.338 e. The van der Waals surface area contributed by atoms with E-state index in [1.54, 1.807) is 13.0 Å². The third kappa shape index (κ3) is 2.84. The molecule has 3 aromatic rings. The van der Waals surface area contributed by atoms with Crippen LogP contribution in [-0.2, 0) is 4.74 Å². The lowest BCUT2D eigenvalue weighted by molar-refractivity contribution is 0.0602. The van der Waals surface area contributed by atoms with Crippen LogP contribution in [0, 0.1) is 12.7 Å². The third-order valence-electron chi connectivity index (χ3n) is 3.70. The first-order valence-electron chi connectivity index (χ1n) is 6.95. The topological polar surface area (TPSA) is 39.2 Å². The van der Waals surface area contributed by atoms with Crippen molar-refractivity contribution in [2.75, 3.05) is 7.11 Å². The number of benzene rings is 2. The summed E-state index contributed by atoms with van der Waals surface area (Å²) < 4.78 is 19.4. The number of carbonyl (C=O) groups excluding carboxylic acids is 1. The van der Waals surface area contributed by atoms with Gasteiger partial charge in [0.15, 0.2) is 0 Å². The van der Waals surface area contributed by atoms with Crippen molar-refractivity contribution < 1.29 is 13.9 Å². The molecule has 0 aliphatic rings. The maximum atomic E-state index is 13.6. The minimum Gasteiger partial charge on any atom is -0.465 e. The van der Waals surface area contributed by atoms with Gasteiger partial charge in [0.1, 0.15) is 5.82 Å². The number of rotatable bonds is 2. The van der Waals surface area contributed by atoms with Gasteiger partial charge in [-0.15, -0.1) is 0 Å². The molecule has 3 rings (SSSR count). The summed E-state index contributed by atoms with van der Waals surface area (Å²) >= 11 is 3.40. The molecule has 0 atom stereocenters. The summed E-state index contributed by atoms with van der Waals surface area (Å²) in [5.74, 6) is -0.917. The SMILES string of the molecule is COC(=O)c1c(C)c(-c2ccc(Br)cc2)nc2ccc(F)cc12. The van der Waals surface area contributed by atoms with Crippen LogP contribution in [0.4, 0.5) is 4.39 Å². The van der Waals surface area contributed by atoms with E-state index in [2.05, 4.69) is 20.9 Å². The van der Waals surface area contributed by atoms with Crippen LogP contribution in [-0.4, -0.2) is 18.1 Å². The van der Waals surface area contributed by atoms with Crippen molar-refractivity contribution in [3.8, 4) is 11.3 Å². The molecule has 0 bridgehead atoms. The summed E-state index contributed by atoms with van der Waals surface area (Å²) in [5, 5.41) is 0.454. The highest BCUT2D eigenvalue weighted by Gasteiger charge is 2.19. The Kier molecular flexibility index (Phi) is 4.13. The predicted molar refractivity (Wildman–Crippen MR) is 90.9 cm³/mol. The highest BCUT2D eigenvalue weighted by molar-refractivity contribution is 9.10. The van der Waals surface area contributed by atoms with Gasteiger partial charge in [0.05, 0.1) is 23.9 Å².